The molecule has 5 heteroatoms. The predicted octanol–water partition coefficient (Wildman–Crippen LogP) is 4.26. The van der Waals surface area contributed by atoms with Crippen molar-refractivity contribution < 1.29 is 14.3 Å². The van der Waals surface area contributed by atoms with Gasteiger partial charge in [-0.3, -0.25) is 9.59 Å². The smallest absolute Gasteiger partial charge is 0.270 e. The van der Waals surface area contributed by atoms with E-state index in [1.54, 1.807) is 30.3 Å². The highest BCUT2D eigenvalue weighted by molar-refractivity contribution is 6.05. The summed E-state index contributed by atoms with van der Waals surface area (Å²) in [5, 5.41) is 2.84. The average Bonchev–Trinajstić information content (AvgIpc) is 3.04. The molecule has 5 nitrogen and oxygen atoms in total. The Kier molecular flexibility index (Phi) is 7.45. The summed E-state index contributed by atoms with van der Waals surface area (Å²) in [6.07, 6.45) is 5.96. The number of ether oxygens (including phenoxy) is 1. The molecule has 2 aromatic rings. The Balaban J connectivity index is 1.92. The molecule has 0 radical (unpaired) electrons. The molecule has 2 aromatic carbocycles. The van der Waals surface area contributed by atoms with Crippen molar-refractivity contribution in [2.75, 3.05) is 19.7 Å². The summed E-state index contributed by atoms with van der Waals surface area (Å²) in [4.78, 5) is 27.9. The molecule has 0 unspecified atom stereocenters. The zero-order valence-corrected chi connectivity index (χ0v) is 16.9. The first-order chi connectivity index (χ1) is 14.2. The number of benzene rings is 2. The number of hydrogen-bond acceptors (Lipinski definition) is 3. The molecule has 0 saturated carbocycles. The lowest BCUT2D eigenvalue weighted by atomic mass is 10.1. The van der Waals surface area contributed by atoms with Gasteiger partial charge in [0.2, 0.25) is 0 Å². The molecule has 29 heavy (non-hydrogen) atoms. The number of carbonyl (C=O) groups is 2. The first-order valence-electron chi connectivity index (χ1n) is 10.3. The van der Waals surface area contributed by atoms with Crippen LogP contribution in [0.25, 0.3) is 6.08 Å². The van der Waals surface area contributed by atoms with E-state index in [1.807, 2.05) is 42.2 Å². The van der Waals surface area contributed by atoms with Crippen molar-refractivity contribution in [2.45, 2.75) is 32.6 Å². The Morgan fingerprint density at radius 2 is 1.62 bits per heavy atom. The van der Waals surface area contributed by atoms with Crippen molar-refractivity contribution in [3.63, 3.8) is 0 Å². The molecule has 0 spiro atoms. The third-order valence-corrected chi connectivity index (χ3v) is 4.93. The van der Waals surface area contributed by atoms with Crippen LogP contribution in [0.2, 0.25) is 0 Å². The minimum atomic E-state index is -0.297. The molecular weight excluding hydrogens is 364 g/mol. The van der Waals surface area contributed by atoms with Crippen molar-refractivity contribution in [3.05, 3.63) is 71.4 Å². The third-order valence-electron chi connectivity index (χ3n) is 4.93. The van der Waals surface area contributed by atoms with E-state index in [1.165, 1.54) is 0 Å². The summed E-state index contributed by atoms with van der Waals surface area (Å²) >= 11 is 0. The fraction of sp³-hybridized carbons (Fsp3) is 0.333. The summed E-state index contributed by atoms with van der Waals surface area (Å²) in [5.74, 6) is 0.238. The minimum Gasteiger partial charge on any atom is -0.493 e. The number of likely N-dealkylation sites (tertiary alicyclic amines) is 1. The number of nitrogens with zero attached hydrogens (tertiary/aromatic N) is 1. The fourth-order valence-electron chi connectivity index (χ4n) is 3.42. The topological polar surface area (TPSA) is 58.6 Å². The molecule has 1 saturated heterocycles. The van der Waals surface area contributed by atoms with Gasteiger partial charge in [0.05, 0.1) is 6.61 Å². The van der Waals surface area contributed by atoms with Crippen molar-refractivity contribution >= 4 is 17.9 Å². The lowest BCUT2D eigenvalue weighted by Gasteiger charge is -2.22. The van der Waals surface area contributed by atoms with Gasteiger partial charge in [-0.1, -0.05) is 49.2 Å². The Labute approximate surface area is 172 Å². The normalized spacial score (nSPS) is 14.8. The average molecular weight is 392 g/mol. The van der Waals surface area contributed by atoms with Gasteiger partial charge in [0.25, 0.3) is 11.8 Å². The van der Waals surface area contributed by atoms with Crippen LogP contribution in [0.5, 0.6) is 5.75 Å². The molecular formula is C24H28N2O3. The van der Waals surface area contributed by atoms with Crippen LogP contribution in [0.15, 0.2) is 60.3 Å². The molecule has 1 fully saturated rings. The van der Waals surface area contributed by atoms with Crippen molar-refractivity contribution in [1.29, 1.82) is 0 Å². The van der Waals surface area contributed by atoms with Gasteiger partial charge in [0.1, 0.15) is 11.4 Å². The fourth-order valence-corrected chi connectivity index (χ4v) is 3.42. The van der Waals surface area contributed by atoms with E-state index in [2.05, 4.69) is 5.32 Å². The molecule has 0 atom stereocenters. The lowest BCUT2D eigenvalue weighted by Crippen LogP contribution is -2.39. The van der Waals surface area contributed by atoms with E-state index in [0.717, 1.165) is 31.2 Å². The minimum absolute atomic E-state index is 0.150. The molecule has 0 bridgehead atoms. The van der Waals surface area contributed by atoms with Crippen molar-refractivity contribution in [1.82, 2.24) is 10.2 Å². The zero-order chi connectivity index (χ0) is 20.5. The second-order valence-electron chi connectivity index (χ2n) is 7.06. The Hall–Kier alpha value is -3.08. The van der Waals surface area contributed by atoms with Gasteiger partial charge < -0.3 is 15.0 Å². The second-order valence-corrected chi connectivity index (χ2v) is 7.06. The van der Waals surface area contributed by atoms with E-state index < -0.39 is 0 Å². The van der Waals surface area contributed by atoms with Crippen molar-refractivity contribution in [2.24, 2.45) is 0 Å². The first kappa shape index (κ1) is 20.6. The summed E-state index contributed by atoms with van der Waals surface area (Å²) < 4.78 is 5.69. The monoisotopic (exact) mass is 392 g/mol. The van der Waals surface area contributed by atoms with Crippen LogP contribution < -0.4 is 10.1 Å². The number of hydrogen-bond donors (Lipinski definition) is 1. The summed E-state index contributed by atoms with van der Waals surface area (Å²) in [5.41, 5.74) is 1.55. The maximum absolute atomic E-state index is 13.3. The molecule has 1 N–H and O–H groups in total. The Morgan fingerprint density at radius 3 is 2.31 bits per heavy atom. The van der Waals surface area contributed by atoms with Gasteiger partial charge in [-0.2, -0.15) is 0 Å². The SMILES string of the molecule is CCOc1ccccc1/C=C(\NC(=O)c1ccccc1)C(=O)N1CCCCCC1. The van der Waals surface area contributed by atoms with Gasteiger partial charge in [0.15, 0.2) is 0 Å². The van der Waals surface area contributed by atoms with Crippen LogP contribution in [0.4, 0.5) is 0 Å². The number of nitrogens with one attached hydrogen (secondary N) is 1. The molecule has 1 aliphatic heterocycles. The van der Waals surface area contributed by atoms with Crippen LogP contribution in [0.1, 0.15) is 48.5 Å². The number of para-hydroxylation sites is 1. The quantitative estimate of drug-likeness (QED) is 0.748. The molecule has 0 aliphatic carbocycles. The Morgan fingerprint density at radius 1 is 0.966 bits per heavy atom. The zero-order valence-electron chi connectivity index (χ0n) is 16.9. The maximum atomic E-state index is 13.3. The van der Waals surface area contributed by atoms with Gasteiger partial charge in [0, 0.05) is 24.2 Å². The first-order valence-corrected chi connectivity index (χ1v) is 10.3. The van der Waals surface area contributed by atoms with Crippen LogP contribution in [0.3, 0.4) is 0 Å². The summed E-state index contributed by atoms with van der Waals surface area (Å²) in [6, 6.07) is 16.5. The second kappa shape index (κ2) is 10.5. The molecule has 152 valence electrons. The van der Waals surface area contributed by atoms with Crippen LogP contribution in [-0.2, 0) is 4.79 Å². The highest BCUT2D eigenvalue weighted by Gasteiger charge is 2.22. The molecule has 3 rings (SSSR count). The highest BCUT2D eigenvalue weighted by atomic mass is 16.5. The molecule has 2 amide bonds. The largest absolute Gasteiger partial charge is 0.493 e. The van der Waals surface area contributed by atoms with Gasteiger partial charge in [-0.05, 0) is 44.0 Å². The highest BCUT2D eigenvalue weighted by Crippen LogP contribution is 2.22. The molecule has 0 aromatic heterocycles. The van der Waals surface area contributed by atoms with Gasteiger partial charge >= 0.3 is 0 Å². The van der Waals surface area contributed by atoms with E-state index in [0.29, 0.717) is 31.0 Å². The van der Waals surface area contributed by atoms with Gasteiger partial charge in [-0.25, -0.2) is 0 Å². The Bertz CT molecular complexity index is 853. The van der Waals surface area contributed by atoms with E-state index in [4.69, 9.17) is 4.74 Å². The maximum Gasteiger partial charge on any atom is 0.270 e. The molecule has 1 heterocycles. The number of carbonyl (C=O) groups excluding carboxylic acids is 2. The predicted molar refractivity (Wildman–Crippen MR) is 115 cm³/mol. The molecule has 1 aliphatic rings. The third kappa shape index (κ3) is 5.70. The van der Waals surface area contributed by atoms with E-state index in [9.17, 15) is 9.59 Å². The standard InChI is InChI=1S/C24H28N2O3/c1-2-29-22-15-9-8-14-20(22)18-21(24(28)26-16-10-3-4-11-17-26)25-23(27)19-12-6-5-7-13-19/h5-9,12-15,18H,2-4,10-11,16-17H2,1H3,(H,25,27)/b21-18-. The van der Waals surface area contributed by atoms with Crippen LogP contribution in [0, 0.1) is 0 Å². The van der Waals surface area contributed by atoms with E-state index >= 15 is 0 Å². The van der Waals surface area contributed by atoms with Gasteiger partial charge in [-0.15, -0.1) is 0 Å². The van der Waals surface area contributed by atoms with E-state index in [-0.39, 0.29) is 17.5 Å². The van der Waals surface area contributed by atoms with Crippen LogP contribution in [-0.4, -0.2) is 36.4 Å². The van der Waals surface area contributed by atoms with Crippen LogP contribution >= 0.6 is 0 Å². The van der Waals surface area contributed by atoms with Crippen molar-refractivity contribution in [3.8, 4) is 5.75 Å². The summed E-state index contributed by atoms with van der Waals surface area (Å²) in [6.45, 7) is 3.87. The number of rotatable bonds is 6. The lowest BCUT2D eigenvalue weighted by molar-refractivity contribution is -0.127. The number of amides is 2. The summed E-state index contributed by atoms with van der Waals surface area (Å²) in [7, 11) is 0.